The Morgan fingerprint density at radius 1 is 1.00 bits per heavy atom. The van der Waals surface area contributed by atoms with E-state index in [1.807, 2.05) is 0 Å². The summed E-state index contributed by atoms with van der Waals surface area (Å²) in [6, 6.07) is 9.75. The van der Waals surface area contributed by atoms with E-state index in [0.29, 0.717) is 17.7 Å². The Kier molecular flexibility index (Phi) is 7.18. The van der Waals surface area contributed by atoms with Gasteiger partial charge < -0.3 is 9.47 Å². The first-order chi connectivity index (χ1) is 14.3. The molecule has 0 atom stereocenters. The molecule has 1 aliphatic carbocycles. The van der Waals surface area contributed by atoms with Crippen LogP contribution in [0.15, 0.2) is 42.5 Å². The first-order valence-corrected chi connectivity index (χ1v) is 10.1. The molecule has 0 amide bonds. The lowest BCUT2D eigenvalue weighted by Crippen LogP contribution is -2.16. The predicted octanol–water partition coefficient (Wildman–Crippen LogP) is 6.90. The molecule has 0 spiro atoms. The summed E-state index contributed by atoms with van der Waals surface area (Å²) in [5.41, 5.74) is 0.882. The monoisotopic (exact) mass is 423 g/mol. The molecule has 0 radical (unpaired) electrons. The Labute approximate surface area is 173 Å². The normalized spacial score (nSPS) is 15.0. The van der Waals surface area contributed by atoms with Gasteiger partial charge in [-0.25, -0.2) is 0 Å². The Morgan fingerprint density at radius 3 is 2.30 bits per heavy atom. The average Bonchev–Trinajstić information content (AvgIpc) is 2.71. The molecule has 0 N–H and O–H groups in total. The molecule has 1 fully saturated rings. The van der Waals surface area contributed by atoms with Crippen LogP contribution in [0.1, 0.15) is 44.9 Å². The molecule has 1 aliphatic rings. The van der Waals surface area contributed by atoms with Gasteiger partial charge in [0.1, 0.15) is 5.75 Å². The molecular weight excluding hydrogens is 399 g/mol. The zero-order chi connectivity index (χ0) is 21.6. The second-order valence-electron chi connectivity index (χ2n) is 7.51. The zero-order valence-electron chi connectivity index (χ0n) is 16.5. The number of ether oxygens (including phenoxy) is 2. The van der Waals surface area contributed by atoms with E-state index in [4.69, 9.17) is 4.74 Å². The first-order valence-electron chi connectivity index (χ1n) is 10.1. The molecule has 30 heavy (non-hydrogen) atoms. The first kappa shape index (κ1) is 21.9. The second-order valence-corrected chi connectivity index (χ2v) is 7.51. The highest BCUT2D eigenvalue weighted by molar-refractivity contribution is 5.69. The highest BCUT2D eigenvalue weighted by Gasteiger charge is 2.31. The molecule has 0 aliphatic heterocycles. The van der Waals surface area contributed by atoms with E-state index in [9.17, 15) is 23.3 Å². The van der Waals surface area contributed by atoms with Gasteiger partial charge >= 0.3 is 12.0 Å². The summed E-state index contributed by atoms with van der Waals surface area (Å²) in [4.78, 5) is 11.0. The van der Waals surface area contributed by atoms with Crippen molar-refractivity contribution in [2.75, 3.05) is 6.61 Å². The number of hydrogen-bond donors (Lipinski definition) is 0. The number of nitrogens with zero attached hydrogens (tertiary/aromatic N) is 1. The minimum absolute atomic E-state index is 0.166. The molecule has 3 rings (SSSR count). The molecule has 0 bridgehead atoms. The molecule has 8 heteroatoms. The fraction of sp³-hybridized carbons (Fsp3) is 0.455. The van der Waals surface area contributed by atoms with Gasteiger partial charge in [0.15, 0.2) is 5.75 Å². The van der Waals surface area contributed by atoms with Crippen molar-refractivity contribution < 1.29 is 27.6 Å². The number of hydrogen-bond acceptors (Lipinski definition) is 4. The molecule has 0 aromatic heterocycles. The van der Waals surface area contributed by atoms with Crippen LogP contribution in [-0.2, 0) is 0 Å². The Balaban J connectivity index is 1.63. The van der Waals surface area contributed by atoms with Gasteiger partial charge in [-0.1, -0.05) is 50.3 Å². The van der Waals surface area contributed by atoms with E-state index in [0.717, 1.165) is 18.8 Å². The summed E-state index contributed by atoms with van der Waals surface area (Å²) in [6.07, 6.45) is 3.52. The number of rotatable bonds is 8. The van der Waals surface area contributed by atoms with Crippen LogP contribution in [0.2, 0.25) is 0 Å². The molecule has 2 aromatic rings. The van der Waals surface area contributed by atoms with Gasteiger partial charge in [-0.05, 0) is 48.1 Å². The summed E-state index contributed by atoms with van der Waals surface area (Å²) in [6.45, 7) is 0.417. The third-order valence-corrected chi connectivity index (χ3v) is 5.32. The third-order valence-electron chi connectivity index (χ3n) is 5.32. The van der Waals surface area contributed by atoms with Gasteiger partial charge in [-0.3, -0.25) is 10.1 Å². The maximum Gasteiger partial charge on any atom is 0.573 e. The quantitative estimate of drug-likeness (QED) is 0.263. The molecular formula is C22H24F3NO4. The van der Waals surface area contributed by atoms with E-state index < -0.39 is 11.3 Å². The van der Waals surface area contributed by atoms with Crippen LogP contribution in [0.3, 0.4) is 0 Å². The summed E-state index contributed by atoms with van der Waals surface area (Å²) in [5, 5.41) is 11.5. The van der Waals surface area contributed by atoms with Crippen LogP contribution in [0, 0.1) is 16.0 Å². The van der Waals surface area contributed by atoms with E-state index in [-0.39, 0.29) is 17.2 Å². The largest absolute Gasteiger partial charge is 0.573 e. The zero-order valence-corrected chi connectivity index (χ0v) is 16.5. The lowest BCUT2D eigenvalue weighted by atomic mass is 9.86. The van der Waals surface area contributed by atoms with E-state index in [2.05, 4.69) is 4.74 Å². The van der Waals surface area contributed by atoms with E-state index in [1.54, 1.807) is 6.07 Å². The maximum atomic E-state index is 12.3. The third kappa shape index (κ3) is 6.37. The van der Waals surface area contributed by atoms with Crippen LogP contribution in [0.25, 0.3) is 11.1 Å². The standard InChI is InChI=1S/C22H24F3NO4/c23-22(24,25)30-19-11-8-17(9-12-19)18-10-13-21(20(15-18)26(27)28)29-14-4-7-16-5-2-1-3-6-16/h8-13,15-16H,1-7,14H2. The SMILES string of the molecule is O=[N+]([O-])c1cc(-c2ccc(OC(F)(F)F)cc2)ccc1OCCCC1CCCCC1. The summed E-state index contributed by atoms with van der Waals surface area (Å²) >= 11 is 0. The van der Waals surface area contributed by atoms with Gasteiger partial charge in [0.05, 0.1) is 11.5 Å². The van der Waals surface area contributed by atoms with Crippen molar-refractivity contribution in [3.05, 3.63) is 52.6 Å². The summed E-state index contributed by atoms with van der Waals surface area (Å²) < 4.78 is 46.3. The van der Waals surface area contributed by atoms with Crippen molar-refractivity contribution in [1.82, 2.24) is 0 Å². The fourth-order valence-electron chi connectivity index (χ4n) is 3.84. The van der Waals surface area contributed by atoms with Gasteiger partial charge in [-0.2, -0.15) is 0 Å². The van der Waals surface area contributed by atoms with Crippen LogP contribution < -0.4 is 9.47 Å². The van der Waals surface area contributed by atoms with Crippen molar-refractivity contribution in [1.29, 1.82) is 0 Å². The number of halogens is 3. The van der Waals surface area contributed by atoms with Crippen molar-refractivity contribution in [3.63, 3.8) is 0 Å². The minimum Gasteiger partial charge on any atom is -0.487 e. The Bertz CT molecular complexity index is 846. The van der Waals surface area contributed by atoms with Crippen molar-refractivity contribution >= 4 is 5.69 Å². The molecule has 0 heterocycles. The number of nitro benzene ring substituents is 1. The number of benzene rings is 2. The fourth-order valence-corrected chi connectivity index (χ4v) is 3.84. The average molecular weight is 423 g/mol. The van der Waals surface area contributed by atoms with E-state index in [1.165, 1.54) is 68.5 Å². The van der Waals surface area contributed by atoms with Crippen LogP contribution in [-0.4, -0.2) is 17.9 Å². The van der Waals surface area contributed by atoms with Gasteiger partial charge in [0.2, 0.25) is 0 Å². The van der Waals surface area contributed by atoms with Gasteiger partial charge in [0.25, 0.3) is 0 Å². The Morgan fingerprint density at radius 2 is 1.67 bits per heavy atom. The lowest BCUT2D eigenvalue weighted by Gasteiger charge is -2.21. The maximum absolute atomic E-state index is 12.3. The Hall–Kier alpha value is -2.77. The van der Waals surface area contributed by atoms with Crippen molar-refractivity contribution in [3.8, 4) is 22.6 Å². The molecule has 162 valence electrons. The van der Waals surface area contributed by atoms with Crippen molar-refractivity contribution in [2.24, 2.45) is 5.92 Å². The molecule has 5 nitrogen and oxygen atoms in total. The molecule has 0 saturated heterocycles. The minimum atomic E-state index is -4.77. The topological polar surface area (TPSA) is 61.6 Å². The molecule has 1 saturated carbocycles. The second kappa shape index (κ2) is 9.82. The smallest absolute Gasteiger partial charge is 0.487 e. The number of alkyl halides is 3. The predicted molar refractivity (Wildman–Crippen MR) is 107 cm³/mol. The highest BCUT2D eigenvalue weighted by atomic mass is 19.4. The van der Waals surface area contributed by atoms with Crippen molar-refractivity contribution in [2.45, 2.75) is 51.3 Å². The van der Waals surface area contributed by atoms with Crippen LogP contribution in [0.4, 0.5) is 18.9 Å². The van der Waals surface area contributed by atoms with E-state index >= 15 is 0 Å². The van der Waals surface area contributed by atoms with Gasteiger partial charge in [-0.15, -0.1) is 13.2 Å². The molecule has 0 unspecified atom stereocenters. The lowest BCUT2D eigenvalue weighted by molar-refractivity contribution is -0.385. The van der Waals surface area contributed by atoms with Crippen LogP contribution in [0.5, 0.6) is 11.5 Å². The molecule has 2 aromatic carbocycles. The summed E-state index contributed by atoms with van der Waals surface area (Å²) in [5.74, 6) is 0.576. The number of nitro groups is 1. The highest BCUT2D eigenvalue weighted by Crippen LogP contribution is 2.34. The van der Waals surface area contributed by atoms with Gasteiger partial charge in [0, 0.05) is 6.07 Å². The summed E-state index contributed by atoms with van der Waals surface area (Å²) in [7, 11) is 0. The van der Waals surface area contributed by atoms with Crippen LogP contribution >= 0.6 is 0 Å².